The number of thiazole rings is 1. The molecule has 0 saturated carbocycles. The van der Waals surface area contributed by atoms with Crippen molar-refractivity contribution in [2.45, 2.75) is 13.8 Å². The van der Waals surface area contributed by atoms with Crippen molar-refractivity contribution in [1.82, 2.24) is 4.98 Å². The van der Waals surface area contributed by atoms with E-state index in [2.05, 4.69) is 15.5 Å². The molecule has 0 aliphatic heterocycles. The van der Waals surface area contributed by atoms with E-state index in [1.54, 1.807) is 0 Å². The zero-order valence-corrected chi connectivity index (χ0v) is 12.3. The fourth-order valence-corrected chi connectivity index (χ4v) is 2.45. The zero-order valence-electron chi connectivity index (χ0n) is 11.5. The minimum atomic E-state index is -0.453. The van der Waals surface area contributed by atoms with E-state index in [9.17, 15) is 4.79 Å². The minimum Gasteiger partial charge on any atom is -0.464 e. The van der Waals surface area contributed by atoms with Gasteiger partial charge in [-0.3, -0.25) is 5.43 Å². The van der Waals surface area contributed by atoms with Crippen LogP contribution in [-0.4, -0.2) is 23.8 Å². The lowest BCUT2D eigenvalue weighted by molar-refractivity contribution is 0.0596. The topological polar surface area (TPSA) is 63.6 Å². The predicted molar refractivity (Wildman–Crippen MR) is 81.3 cm³/mol. The number of rotatable bonds is 4. The number of hydrogen-bond acceptors (Lipinski definition) is 6. The van der Waals surface area contributed by atoms with Crippen molar-refractivity contribution in [2.24, 2.45) is 5.10 Å². The number of nitrogens with one attached hydrogen (secondary N) is 1. The van der Waals surface area contributed by atoms with Gasteiger partial charge in [-0.2, -0.15) is 5.10 Å². The molecule has 5 nitrogen and oxygen atoms in total. The van der Waals surface area contributed by atoms with Crippen LogP contribution in [0.5, 0.6) is 0 Å². The van der Waals surface area contributed by atoms with Crippen molar-refractivity contribution in [2.75, 3.05) is 12.5 Å². The SMILES string of the molecule is COC(=O)c1nc(NN=C(C)C)sc1-c1ccccc1. The van der Waals surface area contributed by atoms with Gasteiger partial charge in [0.1, 0.15) is 0 Å². The Bertz CT molecular complexity index is 631. The molecule has 1 aromatic heterocycles. The first-order valence-electron chi connectivity index (χ1n) is 6.03. The molecule has 1 heterocycles. The number of benzene rings is 1. The van der Waals surface area contributed by atoms with E-state index in [1.807, 2.05) is 44.2 Å². The Morgan fingerprint density at radius 2 is 2.00 bits per heavy atom. The first kappa shape index (κ1) is 14.2. The quantitative estimate of drug-likeness (QED) is 0.532. The van der Waals surface area contributed by atoms with Gasteiger partial charge in [-0.1, -0.05) is 41.7 Å². The lowest BCUT2D eigenvalue weighted by Gasteiger charge is -1.99. The smallest absolute Gasteiger partial charge is 0.358 e. The number of anilines is 1. The number of hydrogen-bond donors (Lipinski definition) is 1. The van der Waals surface area contributed by atoms with Crippen LogP contribution in [0.3, 0.4) is 0 Å². The third-order valence-corrected chi connectivity index (χ3v) is 3.43. The molecule has 0 atom stereocenters. The van der Waals surface area contributed by atoms with Crippen LogP contribution in [-0.2, 0) is 4.74 Å². The summed E-state index contributed by atoms with van der Waals surface area (Å²) in [6.07, 6.45) is 0. The number of methoxy groups -OCH3 is 1. The van der Waals surface area contributed by atoms with Crippen molar-refractivity contribution >= 4 is 28.1 Å². The summed E-state index contributed by atoms with van der Waals surface area (Å²) >= 11 is 1.37. The number of carbonyl (C=O) groups is 1. The van der Waals surface area contributed by atoms with Gasteiger partial charge in [-0.05, 0) is 19.4 Å². The average Bonchev–Trinajstić information content (AvgIpc) is 2.89. The highest BCUT2D eigenvalue weighted by Crippen LogP contribution is 2.33. The van der Waals surface area contributed by atoms with E-state index in [1.165, 1.54) is 18.4 Å². The summed E-state index contributed by atoms with van der Waals surface area (Å²) in [5, 5.41) is 4.65. The van der Waals surface area contributed by atoms with E-state index in [0.717, 1.165) is 16.2 Å². The van der Waals surface area contributed by atoms with Crippen LogP contribution in [0.15, 0.2) is 35.4 Å². The Labute approximate surface area is 121 Å². The number of ether oxygens (including phenoxy) is 1. The molecule has 0 spiro atoms. The Kier molecular flexibility index (Phi) is 4.47. The normalized spacial score (nSPS) is 9.95. The number of carbonyl (C=O) groups excluding carboxylic acids is 1. The van der Waals surface area contributed by atoms with E-state index in [0.29, 0.717) is 10.8 Å². The van der Waals surface area contributed by atoms with Crippen molar-refractivity contribution in [3.63, 3.8) is 0 Å². The van der Waals surface area contributed by atoms with E-state index < -0.39 is 5.97 Å². The molecule has 1 N–H and O–H groups in total. The van der Waals surface area contributed by atoms with E-state index >= 15 is 0 Å². The standard InChI is InChI=1S/C14H15N3O2S/c1-9(2)16-17-14-15-11(13(18)19-3)12(20-14)10-7-5-4-6-8-10/h4-8H,1-3H3,(H,15,17). The second-order valence-electron chi connectivity index (χ2n) is 4.23. The van der Waals surface area contributed by atoms with Crippen LogP contribution < -0.4 is 5.43 Å². The number of nitrogens with zero attached hydrogens (tertiary/aromatic N) is 2. The zero-order chi connectivity index (χ0) is 14.5. The summed E-state index contributed by atoms with van der Waals surface area (Å²) in [4.78, 5) is 16.8. The molecule has 0 fully saturated rings. The molecule has 1 aromatic carbocycles. The highest BCUT2D eigenvalue weighted by molar-refractivity contribution is 7.19. The molecule has 0 aliphatic carbocycles. The van der Waals surface area contributed by atoms with Gasteiger partial charge in [0.25, 0.3) is 0 Å². The largest absolute Gasteiger partial charge is 0.464 e. The molecule has 0 amide bonds. The lowest BCUT2D eigenvalue weighted by Crippen LogP contribution is -2.03. The minimum absolute atomic E-state index is 0.301. The van der Waals surface area contributed by atoms with Crippen molar-refractivity contribution in [3.8, 4) is 10.4 Å². The molecule has 2 rings (SSSR count). The first-order valence-corrected chi connectivity index (χ1v) is 6.85. The highest BCUT2D eigenvalue weighted by atomic mass is 32.1. The number of aromatic nitrogens is 1. The summed E-state index contributed by atoms with van der Waals surface area (Å²) in [7, 11) is 1.35. The van der Waals surface area contributed by atoms with Gasteiger partial charge >= 0.3 is 5.97 Å². The molecule has 6 heteroatoms. The van der Waals surface area contributed by atoms with Crippen molar-refractivity contribution in [3.05, 3.63) is 36.0 Å². The Hall–Kier alpha value is -2.21. The Balaban J connectivity index is 2.43. The molecule has 0 bridgehead atoms. The molecular formula is C14H15N3O2S. The average molecular weight is 289 g/mol. The molecular weight excluding hydrogens is 274 g/mol. The number of hydrazone groups is 1. The molecule has 0 aliphatic rings. The predicted octanol–water partition coefficient (Wildman–Crippen LogP) is 3.40. The molecule has 0 saturated heterocycles. The second kappa shape index (κ2) is 6.29. The van der Waals surface area contributed by atoms with Gasteiger partial charge in [-0.25, -0.2) is 9.78 Å². The van der Waals surface area contributed by atoms with Crippen LogP contribution in [0, 0.1) is 0 Å². The van der Waals surface area contributed by atoms with Gasteiger partial charge in [0.05, 0.1) is 12.0 Å². The van der Waals surface area contributed by atoms with E-state index in [-0.39, 0.29) is 0 Å². The van der Waals surface area contributed by atoms with Crippen LogP contribution in [0.2, 0.25) is 0 Å². The van der Waals surface area contributed by atoms with Gasteiger partial charge < -0.3 is 4.74 Å². The van der Waals surface area contributed by atoms with Gasteiger partial charge in [-0.15, -0.1) is 0 Å². The maximum absolute atomic E-state index is 11.8. The maximum Gasteiger partial charge on any atom is 0.358 e. The van der Waals surface area contributed by atoms with Crippen LogP contribution in [0.25, 0.3) is 10.4 Å². The number of esters is 1. The summed E-state index contributed by atoms with van der Waals surface area (Å²) in [6, 6.07) is 9.61. The van der Waals surface area contributed by atoms with Crippen LogP contribution in [0.1, 0.15) is 24.3 Å². The molecule has 20 heavy (non-hydrogen) atoms. The summed E-state index contributed by atoms with van der Waals surface area (Å²) < 4.78 is 4.78. The van der Waals surface area contributed by atoms with Gasteiger partial charge in [0.15, 0.2) is 5.69 Å². The fraction of sp³-hybridized carbons (Fsp3) is 0.214. The lowest BCUT2D eigenvalue weighted by atomic mass is 10.1. The molecule has 0 radical (unpaired) electrons. The summed E-state index contributed by atoms with van der Waals surface area (Å²) in [6.45, 7) is 3.75. The third kappa shape index (κ3) is 3.21. The first-order chi connectivity index (χ1) is 9.61. The highest BCUT2D eigenvalue weighted by Gasteiger charge is 2.19. The third-order valence-electron chi connectivity index (χ3n) is 2.42. The Morgan fingerprint density at radius 3 is 2.60 bits per heavy atom. The molecule has 2 aromatic rings. The van der Waals surface area contributed by atoms with Gasteiger partial charge in [0.2, 0.25) is 5.13 Å². The van der Waals surface area contributed by atoms with E-state index in [4.69, 9.17) is 4.74 Å². The maximum atomic E-state index is 11.8. The van der Waals surface area contributed by atoms with Crippen LogP contribution in [0.4, 0.5) is 5.13 Å². The molecule has 104 valence electrons. The summed E-state index contributed by atoms with van der Waals surface area (Å²) in [5.74, 6) is -0.453. The fourth-order valence-electron chi connectivity index (χ4n) is 1.55. The summed E-state index contributed by atoms with van der Waals surface area (Å²) in [5.41, 5.74) is 4.94. The second-order valence-corrected chi connectivity index (χ2v) is 5.22. The van der Waals surface area contributed by atoms with Crippen molar-refractivity contribution in [1.29, 1.82) is 0 Å². The molecule has 0 unspecified atom stereocenters. The van der Waals surface area contributed by atoms with Crippen molar-refractivity contribution < 1.29 is 9.53 Å². The van der Waals surface area contributed by atoms with Crippen LogP contribution >= 0.6 is 11.3 Å². The Morgan fingerprint density at radius 1 is 1.30 bits per heavy atom. The monoisotopic (exact) mass is 289 g/mol. The van der Waals surface area contributed by atoms with Gasteiger partial charge in [0, 0.05) is 5.71 Å².